The van der Waals surface area contributed by atoms with E-state index in [4.69, 9.17) is 5.73 Å². The van der Waals surface area contributed by atoms with Crippen LogP contribution in [0.25, 0.3) is 0 Å². The molecule has 0 atom stereocenters. The van der Waals surface area contributed by atoms with Crippen molar-refractivity contribution in [3.05, 3.63) is 0 Å². The van der Waals surface area contributed by atoms with Crippen molar-refractivity contribution in [3.8, 4) is 0 Å². The molecule has 1 rings (SSSR count). The molecule has 0 unspecified atom stereocenters. The molecule has 0 amide bonds. The van der Waals surface area contributed by atoms with Gasteiger partial charge in [-0.3, -0.25) is 0 Å². The highest BCUT2D eigenvalue weighted by Crippen LogP contribution is 2.33. The Morgan fingerprint density at radius 3 is 2.33 bits per heavy atom. The lowest BCUT2D eigenvalue weighted by molar-refractivity contribution is 0.230. The molecule has 72 valence electrons. The fourth-order valence-corrected chi connectivity index (χ4v) is 2.24. The van der Waals surface area contributed by atoms with Crippen LogP contribution in [0, 0.1) is 0 Å². The van der Waals surface area contributed by atoms with Crippen LogP contribution in [0.3, 0.4) is 0 Å². The molecule has 12 heavy (non-hydrogen) atoms. The lowest BCUT2D eigenvalue weighted by Crippen LogP contribution is -2.46. The summed E-state index contributed by atoms with van der Waals surface area (Å²) in [6.07, 6.45) is 6.19. The molecule has 0 aromatic heterocycles. The van der Waals surface area contributed by atoms with Gasteiger partial charge in [-0.15, -0.1) is 0 Å². The van der Waals surface area contributed by atoms with Gasteiger partial charge >= 0.3 is 0 Å². The largest absolute Gasteiger partial charge is 0.325 e. The molecule has 0 heterocycles. The fourth-order valence-electron chi connectivity index (χ4n) is 1.57. The van der Waals surface area contributed by atoms with Crippen molar-refractivity contribution in [2.45, 2.75) is 37.6 Å². The predicted octanol–water partition coefficient (Wildman–Crippen LogP) is 0.693. The fraction of sp³-hybridized carbons (Fsp3) is 1.00. The molecule has 0 aromatic carbocycles. The minimum atomic E-state index is -2.79. The first-order valence-electron chi connectivity index (χ1n) is 4.38. The Morgan fingerprint density at radius 2 is 2.00 bits per heavy atom. The minimum absolute atomic E-state index is 0.0231. The molecule has 1 aliphatic carbocycles. The van der Waals surface area contributed by atoms with E-state index in [0.717, 1.165) is 25.7 Å². The summed E-state index contributed by atoms with van der Waals surface area (Å²) in [7, 11) is -2.79. The van der Waals surface area contributed by atoms with Gasteiger partial charge in [0, 0.05) is 17.5 Å². The maximum Gasteiger partial charge on any atom is 0.147 e. The Labute approximate surface area is 74.3 Å². The van der Waals surface area contributed by atoms with Crippen molar-refractivity contribution in [3.63, 3.8) is 0 Å². The molecule has 0 aliphatic heterocycles. The first-order valence-corrected chi connectivity index (χ1v) is 6.44. The zero-order chi connectivity index (χ0) is 9.24. The van der Waals surface area contributed by atoms with E-state index in [2.05, 4.69) is 0 Å². The van der Waals surface area contributed by atoms with Gasteiger partial charge in [-0.05, 0) is 32.1 Å². The Balaban J connectivity index is 2.18. The van der Waals surface area contributed by atoms with Crippen molar-refractivity contribution < 1.29 is 8.42 Å². The summed E-state index contributed by atoms with van der Waals surface area (Å²) in [5.74, 6) is 0.284. The average Bonchev–Trinajstić information content (AvgIpc) is 1.81. The van der Waals surface area contributed by atoms with Crippen LogP contribution in [0.4, 0.5) is 0 Å². The molecular weight excluding hydrogens is 174 g/mol. The molecule has 0 radical (unpaired) electrons. The van der Waals surface area contributed by atoms with Crippen LogP contribution in [0.2, 0.25) is 0 Å². The summed E-state index contributed by atoms with van der Waals surface area (Å²) >= 11 is 0. The number of rotatable bonds is 4. The third-order valence-electron chi connectivity index (χ3n) is 2.54. The molecule has 1 fully saturated rings. The van der Waals surface area contributed by atoms with Crippen LogP contribution in [0.15, 0.2) is 0 Å². The third-order valence-corrected chi connectivity index (χ3v) is 3.57. The second-order valence-electron chi connectivity index (χ2n) is 3.95. The van der Waals surface area contributed by atoms with Crippen molar-refractivity contribution in [2.24, 2.45) is 5.73 Å². The van der Waals surface area contributed by atoms with Crippen molar-refractivity contribution in [2.75, 3.05) is 12.0 Å². The summed E-state index contributed by atoms with van der Waals surface area (Å²) in [5.41, 5.74) is 5.91. The molecule has 1 saturated carbocycles. The Hall–Kier alpha value is -0.0900. The number of hydrogen-bond donors (Lipinski definition) is 1. The quantitative estimate of drug-likeness (QED) is 0.711. The van der Waals surface area contributed by atoms with Gasteiger partial charge in [0.05, 0.1) is 0 Å². The smallest absolute Gasteiger partial charge is 0.147 e. The van der Waals surface area contributed by atoms with Crippen LogP contribution < -0.4 is 5.73 Å². The van der Waals surface area contributed by atoms with Crippen LogP contribution in [-0.2, 0) is 9.84 Å². The molecule has 0 spiro atoms. The molecule has 3 nitrogen and oxygen atoms in total. The maximum absolute atomic E-state index is 10.8. The monoisotopic (exact) mass is 191 g/mol. The van der Waals surface area contributed by atoms with Gasteiger partial charge in [-0.25, -0.2) is 8.42 Å². The minimum Gasteiger partial charge on any atom is -0.325 e. The van der Waals surface area contributed by atoms with Gasteiger partial charge in [-0.1, -0.05) is 0 Å². The number of nitrogens with two attached hydrogens (primary N) is 1. The van der Waals surface area contributed by atoms with Crippen LogP contribution in [0.1, 0.15) is 32.1 Å². The molecular formula is C8H17NO2S. The van der Waals surface area contributed by atoms with Crippen molar-refractivity contribution in [1.29, 1.82) is 0 Å². The van der Waals surface area contributed by atoms with E-state index in [-0.39, 0.29) is 11.3 Å². The molecule has 0 aromatic rings. The SMILES string of the molecule is CS(=O)(=O)CCCC1(N)CCC1. The topological polar surface area (TPSA) is 60.2 Å². The number of sulfone groups is 1. The van der Waals surface area contributed by atoms with Gasteiger partial charge in [0.1, 0.15) is 9.84 Å². The average molecular weight is 191 g/mol. The van der Waals surface area contributed by atoms with E-state index in [9.17, 15) is 8.42 Å². The highest BCUT2D eigenvalue weighted by molar-refractivity contribution is 7.90. The van der Waals surface area contributed by atoms with Crippen molar-refractivity contribution >= 4 is 9.84 Å². The zero-order valence-corrected chi connectivity index (χ0v) is 8.36. The third kappa shape index (κ3) is 3.11. The molecule has 1 aliphatic rings. The van der Waals surface area contributed by atoms with E-state index >= 15 is 0 Å². The van der Waals surface area contributed by atoms with Crippen LogP contribution >= 0.6 is 0 Å². The van der Waals surface area contributed by atoms with E-state index in [1.54, 1.807) is 0 Å². The standard InChI is InChI=1S/C8H17NO2S/c1-12(10,11)7-3-6-8(9)4-2-5-8/h2-7,9H2,1H3. The summed E-state index contributed by atoms with van der Waals surface area (Å²) < 4.78 is 21.6. The Kier molecular flexibility index (Phi) is 2.78. The van der Waals surface area contributed by atoms with Crippen LogP contribution in [0.5, 0.6) is 0 Å². The number of hydrogen-bond acceptors (Lipinski definition) is 3. The molecule has 0 saturated heterocycles. The highest BCUT2D eigenvalue weighted by Gasteiger charge is 2.31. The first-order chi connectivity index (χ1) is 5.41. The summed E-state index contributed by atoms with van der Waals surface area (Å²) in [6.45, 7) is 0. The molecule has 0 bridgehead atoms. The second kappa shape index (κ2) is 3.34. The Morgan fingerprint density at radius 1 is 1.42 bits per heavy atom. The summed E-state index contributed by atoms with van der Waals surface area (Å²) in [6, 6.07) is 0. The predicted molar refractivity (Wildman–Crippen MR) is 49.7 cm³/mol. The highest BCUT2D eigenvalue weighted by atomic mass is 32.2. The van der Waals surface area contributed by atoms with Gasteiger partial charge < -0.3 is 5.73 Å². The van der Waals surface area contributed by atoms with Gasteiger partial charge in [-0.2, -0.15) is 0 Å². The molecule has 4 heteroatoms. The lowest BCUT2D eigenvalue weighted by atomic mass is 9.75. The lowest BCUT2D eigenvalue weighted by Gasteiger charge is -2.38. The van der Waals surface area contributed by atoms with Gasteiger partial charge in [0.25, 0.3) is 0 Å². The van der Waals surface area contributed by atoms with E-state index in [1.807, 2.05) is 0 Å². The van der Waals surface area contributed by atoms with Crippen LogP contribution in [-0.4, -0.2) is 26.0 Å². The normalized spacial score (nSPS) is 21.8. The summed E-state index contributed by atoms with van der Waals surface area (Å²) in [5, 5.41) is 0. The van der Waals surface area contributed by atoms with E-state index < -0.39 is 9.84 Å². The second-order valence-corrected chi connectivity index (χ2v) is 6.21. The van der Waals surface area contributed by atoms with E-state index in [1.165, 1.54) is 12.7 Å². The first kappa shape index (κ1) is 9.99. The van der Waals surface area contributed by atoms with Gasteiger partial charge in [0.15, 0.2) is 0 Å². The zero-order valence-electron chi connectivity index (χ0n) is 7.54. The maximum atomic E-state index is 10.8. The summed E-state index contributed by atoms with van der Waals surface area (Å²) in [4.78, 5) is 0. The van der Waals surface area contributed by atoms with Crippen molar-refractivity contribution in [1.82, 2.24) is 0 Å². The van der Waals surface area contributed by atoms with E-state index in [0.29, 0.717) is 0 Å². The molecule has 2 N–H and O–H groups in total. The Bertz CT molecular complexity index is 242. The van der Waals surface area contributed by atoms with Gasteiger partial charge in [0.2, 0.25) is 0 Å².